The number of carboxylic acid groups (broad SMARTS) is 2. The first kappa shape index (κ1) is 74.0. The normalized spacial score (nSPS) is 29.9. The van der Waals surface area contributed by atoms with Gasteiger partial charge in [-0.05, 0) is 172 Å². The number of carboxylic acids is 2. The van der Waals surface area contributed by atoms with Gasteiger partial charge in [0.25, 0.3) is 0 Å². The second-order valence-electron chi connectivity index (χ2n) is 27.5. The molecule has 0 bridgehead atoms. The van der Waals surface area contributed by atoms with Crippen molar-refractivity contribution in [3.8, 4) is 0 Å². The number of hydrogen-bond donors (Lipinski definition) is 15. The molecule has 8 amide bonds. The highest BCUT2D eigenvalue weighted by atomic mass is 32.2. The van der Waals surface area contributed by atoms with Crippen LogP contribution in [0.15, 0.2) is 22.1 Å². The molecular weight excluding hydrogens is 1180 g/mol. The first-order valence-electron chi connectivity index (χ1n) is 31.9. The van der Waals surface area contributed by atoms with E-state index < -0.39 is 133 Å². The van der Waals surface area contributed by atoms with Gasteiger partial charge in [-0.3, -0.25) is 57.9 Å². The summed E-state index contributed by atoms with van der Waals surface area (Å²) in [7, 11) is 0. The number of aliphatic carboxylic acids is 2. The Bertz CT molecular complexity index is 2720. The second-order valence-corrected chi connectivity index (χ2v) is 28.5. The van der Waals surface area contributed by atoms with E-state index >= 15 is 4.79 Å². The van der Waals surface area contributed by atoms with E-state index in [0.717, 1.165) is 38.5 Å². The largest absolute Gasteiger partial charge is 0.481 e. The van der Waals surface area contributed by atoms with Crippen molar-refractivity contribution < 1.29 is 63.3 Å². The van der Waals surface area contributed by atoms with Crippen LogP contribution in [-0.4, -0.2) is 154 Å². The van der Waals surface area contributed by atoms with Crippen LogP contribution in [0.4, 0.5) is 0 Å². The standard InChI is InChI=1S/C62H104N14O13S/c1-33-21-27-62(29-28-60(6)35(48(62)34(33)2)13-17-43-59(5)25-23-44(77)58(3,4)42(59)22-26-61(43,60)7)55(89)76-40(16-20-47(81)82)53(87)74-39(15-19-46(79)80)52(86)75-41(24-32-90-8)54(88)73-38(14-18-45(63)78)51(85)72-37(12-10-31-70-57(67)68)50(84)71-36(49(64)83)11-9-30-69-56(65)66/h13,17,33-44,48,77H,9-12,14-16,18-32H2,1-8H3,(H2,63,78)(H2,64,83)(H,71,84)(H,72,85)(H,73,88)(H,74,87)(H,75,86)(H,76,89)(H,79,80)(H,81,82)(H4,65,66,69)(H4,67,68,70)/t33-,34+,35?,36-,37-,38-,39-,40-,41-,42?,43?,44+,48?,59+,60-,61?,62?/m0/s1. The summed E-state index contributed by atoms with van der Waals surface area (Å²) in [6.45, 7) is 16.2. The van der Waals surface area contributed by atoms with Crippen molar-refractivity contribution in [2.75, 3.05) is 25.1 Å². The Labute approximate surface area is 533 Å². The van der Waals surface area contributed by atoms with Crippen molar-refractivity contribution in [2.45, 2.75) is 213 Å². The minimum atomic E-state index is -1.65. The van der Waals surface area contributed by atoms with E-state index in [1.54, 1.807) is 6.26 Å². The first-order valence-corrected chi connectivity index (χ1v) is 33.3. The minimum absolute atomic E-state index is 0.0156. The molecule has 5 rings (SSSR count). The number of nitrogens with zero attached hydrogens (tertiary/aromatic N) is 2. The number of primary amides is 2. The predicted molar refractivity (Wildman–Crippen MR) is 341 cm³/mol. The molecule has 0 aromatic rings. The molecule has 0 aliphatic heterocycles. The van der Waals surface area contributed by atoms with Crippen molar-refractivity contribution in [2.24, 2.45) is 107 Å². The highest BCUT2D eigenvalue weighted by Crippen LogP contribution is 2.75. The zero-order valence-electron chi connectivity index (χ0n) is 53.9. The number of aliphatic hydroxyl groups excluding tert-OH is 1. The molecule has 21 N–H and O–H groups in total. The molecule has 0 heterocycles. The van der Waals surface area contributed by atoms with E-state index in [-0.39, 0.29) is 127 Å². The number of nitrogens with one attached hydrogen (secondary N) is 6. The molecular formula is C62H104N14O13S. The van der Waals surface area contributed by atoms with Crippen LogP contribution in [0.2, 0.25) is 0 Å². The van der Waals surface area contributed by atoms with E-state index in [1.807, 2.05) is 0 Å². The molecule has 4 fully saturated rings. The van der Waals surface area contributed by atoms with Crippen molar-refractivity contribution >= 4 is 82.9 Å². The van der Waals surface area contributed by atoms with Crippen molar-refractivity contribution in [1.29, 1.82) is 0 Å². The Morgan fingerprint density at radius 3 is 1.50 bits per heavy atom. The minimum Gasteiger partial charge on any atom is -0.481 e. The molecule has 0 spiro atoms. The van der Waals surface area contributed by atoms with E-state index in [2.05, 4.69) is 103 Å². The van der Waals surface area contributed by atoms with Gasteiger partial charge < -0.3 is 81.6 Å². The maximum atomic E-state index is 15.5. The van der Waals surface area contributed by atoms with Crippen molar-refractivity contribution in [3.05, 3.63) is 12.2 Å². The van der Waals surface area contributed by atoms with Crippen molar-refractivity contribution in [3.63, 3.8) is 0 Å². The van der Waals surface area contributed by atoms with Crippen LogP contribution in [0.25, 0.3) is 0 Å². The molecule has 506 valence electrons. The Morgan fingerprint density at radius 1 is 0.556 bits per heavy atom. The summed E-state index contributed by atoms with van der Waals surface area (Å²) < 4.78 is 0. The Kier molecular flexibility index (Phi) is 25.9. The van der Waals surface area contributed by atoms with Gasteiger partial charge in [-0.1, -0.05) is 60.6 Å². The van der Waals surface area contributed by atoms with E-state index in [0.29, 0.717) is 18.8 Å². The van der Waals surface area contributed by atoms with E-state index in [1.165, 1.54) is 11.8 Å². The van der Waals surface area contributed by atoms with Gasteiger partial charge >= 0.3 is 11.9 Å². The van der Waals surface area contributed by atoms with Gasteiger partial charge in [-0.2, -0.15) is 11.8 Å². The number of fused-ring (bicyclic) bond motifs is 7. The molecule has 0 aromatic carbocycles. The number of nitrogens with two attached hydrogens (primary N) is 6. The predicted octanol–water partition coefficient (Wildman–Crippen LogP) is 1.11. The molecule has 5 aliphatic rings. The van der Waals surface area contributed by atoms with Crippen LogP contribution in [0, 0.1) is 62.6 Å². The van der Waals surface area contributed by atoms with E-state index in [4.69, 9.17) is 34.4 Å². The lowest BCUT2D eigenvalue weighted by Crippen LogP contribution is -2.68. The maximum Gasteiger partial charge on any atom is 0.303 e. The van der Waals surface area contributed by atoms with Gasteiger partial charge in [0.05, 0.1) is 11.5 Å². The molecule has 27 nitrogen and oxygen atoms in total. The highest BCUT2D eigenvalue weighted by Gasteiger charge is 2.70. The molecule has 17 atom stereocenters. The summed E-state index contributed by atoms with van der Waals surface area (Å²) in [5.74, 6) is -8.92. The number of aliphatic hydroxyl groups is 1. The second kappa shape index (κ2) is 31.5. The fourth-order valence-electron chi connectivity index (χ4n) is 16.3. The number of amides is 8. The lowest BCUT2D eigenvalue weighted by molar-refractivity contribution is -0.221. The number of hydrogen-bond acceptors (Lipinski definition) is 14. The van der Waals surface area contributed by atoms with Gasteiger partial charge in [0.15, 0.2) is 11.9 Å². The molecule has 6 unspecified atom stereocenters. The number of thioether (sulfide) groups is 1. The van der Waals surface area contributed by atoms with E-state index in [9.17, 15) is 58.5 Å². The van der Waals surface area contributed by atoms with Gasteiger partial charge in [0.2, 0.25) is 47.3 Å². The summed E-state index contributed by atoms with van der Waals surface area (Å²) in [4.78, 5) is 144. The molecule has 90 heavy (non-hydrogen) atoms. The lowest BCUT2D eigenvalue weighted by atomic mass is 9.32. The molecule has 0 radical (unpaired) electrons. The van der Waals surface area contributed by atoms with Gasteiger partial charge in [-0.25, -0.2) is 0 Å². The fraction of sp³-hybridized carbons (Fsp3) is 0.774. The summed E-state index contributed by atoms with van der Waals surface area (Å²) in [6, 6.07) is -8.82. The van der Waals surface area contributed by atoms with Gasteiger partial charge in [-0.15, -0.1) is 0 Å². The third-order valence-corrected chi connectivity index (χ3v) is 22.4. The quantitative estimate of drug-likeness (QED) is 0.0189. The number of guanidine groups is 2. The van der Waals surface area contributed by atoms with Crippen LogP contribution < -0.4 is 66.3 Å². The summed E-state index contributed by atoms with van der Waals surface area (Å²) in [6.07, 6.45) is 9.54. The summed E-state index contributed by atoms with van der Waals surface area (Å²) in [5, 5.41) is 46.9. The Hall–Kier alpha value is -6.71. The highest BCUT2D eigenvalue weighted by molar-refractivity contribution is 7.98. The van der Waals surface area contributed by atoms with Crippen LogP contribution in [0.1, 0.15) is 170 Å². The van der Waals surface area contributed by atoms with Gasteiger partial charge in [0, 0.05) is 32.4 Å². The molecule has 0 aromatic heterocycles. The van der Waals surface area contributed by atoms with Crippen LogP contribution in [-0.2, 0) is 47.9 Å². The fourth-order valence-corrected chi connectivity index (χ4v) is 16.8. The number of carbonyl (C=O) groups excluding carboxylic acids is 8. The Balaban J connectivity index is 1.40. The summed E-state index contributed by atoms with van der Waals surface area (Å²) >= 11 is 1.30. The van der Waals surface area contributed by atoms with Crippen molar-refractivity contribution in [1.82, 2.24) is 31.9 Å². The monoisotopic (exact) mass is 1280 g/mol. The molecule has 28 heteroatoms. The van der Waals surface area contributed by atoms with Gasteiger partial charge in [0.1, 0.15) is 36.3 Å². The number of allylic oxidation sites excluding steroid dienone is 2. The summed E-state index contributed by atoms with van der Waals surface area (Å²) in [5.41, 5.74) is 31.3. The SMILES string of the molecule is CSCC[C@H](NC(=O)[C@H](CCC(=O)O)NC(=O)[C@H](CCC(=O)O)NC(=O)C12CC[C@H](C)[C@@H](C)C1C1C=CC3C(C)(CCC4C(C)(C)[C@H](O)CC[C@]43C)[C@@]1(C)CC2)C(=O)N[C@@H](CCC(N)=O)C(=O)N[C@@H](CCCN=C(N)N)C(=O)N[C@@H](CCCN=C(N)N)C(N)=O. The Morgan fingerprint density at radius 2 is 1.02 bits per heavy atom. The zero-order valence-corrected chi connectivity index (χ0v) is 54.7. The molecule has 5 aliphatic carbocycles. The number of aliphatic imine (C=N–C) groups is 2. The lowest BCUT2D eigenvalue weighted by Gasteiger charge is -2.72. The molecule has 4 saturated carbocycles. The first-order chi connectivity index (χ1) is 42.1. The average Bonchev–Trinajstić information content (AvgIpc) is 0.679. The third-order valence-electron chi connectivity index (χ3n) is 21.8. The average molecular weight is 1290 g/mol. The molecule has 0 saturated heterocycles. The number of rotatable bonds is 33. The van der Waals surface area contributed by atoms with Crippen LogP contribution in [0.5, 0.6) is 0 Å². The maximum absolute atomic E-state index is 15.5. The smallest absolute Gasteiger partial charge is 0.303 e. The third kappa shape index (κ3) is 17.5. The zero-order chi connectivity index (χ0) is 67.3. The number of carbonyl (C=O) groups is 10. The topological polar surface area (TPSA) is 484 Å². The van der Waals surface area contributed by atoms with Crippen LogP contribution in [0.3, 0.4) is 0 Å². The van der Waals surface area contributed by atoms with Crippen LogP contribution >= 0.6 is 11.8 Å².